The van der Waals surface area contributed by atoms with Crippen molar-refractivity contribution in [3.63, 3.8) is 0 Å². The van der Waals surface area contributed by atoms with E-state index in [9.17, 15) is 19.2 Å². The minimum absolute atomic E-state index is 0.118. The highest BCUT2D eigenvalue weighted by Crippen LogP contribution is 2.13. The van der Waals surface area contributed by atoms with Gasteiger partial charge in [-0.05, 0) is 6.92 Å². The number of hydrogen-bond acceptors (Lipinski definition) is 4. The summed E-state index contributed by atoms with van der Waals surface area (Å²) in [5, 5.41) is 0. The predicted octanol–water partition coefficient (Wildman–Crippen LogP) is -0.542. The molecule has 2 amide bonds. The lowest BCUT2D eigenvalue weighted by Crippen LogP contribution is -2.45. The number of carbonyl (C=O) groups is 4. The highest BCUT2D eigenvalue weighted by Gasteiger charge is 2.29. The number of imide groups is 1. The van der Waals surface area contributed by atoms with Gasteiger partial charge < -0.3 is 4.79 Å². The molecule has 14 heavy (non-hydrogen) atoms. The Morgan fingerprint density at radius 1 is 1.43 bits per heavy atom. The molecule has 1 unspecified atom stereocenters. The van der Waals surface area contributed by atoms with E-state index in [1.165, 1.54) is 6.92 Å². The summed E-state index contributed by atoms with van der Waals surface area (Å²) in [6.45, 7) is 1.45. The van der Waals surface area contributed by atoms with Crippen LogP contribution in [-0.4, -0.2) is 35.3 Å². The van der Waals surface area contributed by atoms with E-state index in [0.29, 0.717) is 12.6 Å². The number of hydrogen-bond donors (Lipinski definition) is 0. The van der Waals surface area contributed by atoms with Crippen molar-refractivity contribution in [3.05, 3.63) is 11.6 Å². The molecular formula is C9H9NO4. The van der Waals surface area contributed by atoms with E-state index < -0.39 is 17.9 Å². The number of rotatable bonds is 3. The maximum atomic E-state index is 11.3. The fourth-order valence-electron chi connectivity index (χ4n) is 1.23. The molecule has 0 aliphatic carbocycles. The van der Waals surface area contributed by atoms with Crippen LogP contribution in [0.1, 0.15) is 13.3 Å². The summed E-state index contributed by atoms with van der Waals surface area (Å²) in [6.07, 6.45) is 1.94. The van der Waals surface area contributed by atoms with Crippen molar-refractivity contribution in [3.8, 4) is 0 Å². The summed E-state index contributed by atoms with van der Waals surface area (Å²) < 4.78 is 0. The van der Waals surface area contributed by atoms with Gasteiger partial charge >= 0.3 is 0 Å². The number of carbonyl (C=O) groups excluding carboxylic acids is 4. The average molecular weight is 195 g/mol. The molecule has 1 atom stereocenters. The average Bonchev–Trinajstić information content (AvgIpc) is 2.16. The van der Waals surface area contributed by atoms with E-state index in [1.807, 2.05) is 0 Å². The minimum atomic E-state index is -0.778. The lowest BCUT2D eigenvalue weighted by Gasteiger charge is -2.25. The van der Waals surface area contributed by atoms with Gasteiger partial charge in [0.05, 0.1) is 12.5 Å². The Labute approximate surface area is 80.4 Å². The summed E-state index contributed by atoms with van der Waals surface area (Å²) >= 11 is 0. The van der Waals surface area contributed by atoms with E-state index in [-0.39, 0.29) is 12.0 Å². The van der Waals surface area contributed by atoms with Gasteiger partial charge in [0.2, 0.25) is 5.91 Å². The van der Waals surface area contributed by atoms with Crippen molar-refractivity contribution in [1.29, 1.82) is 0 Å². The van der Waals surface area contributed by atoms with E-state index in [1.54, 1.807) is 0 Å². The standard InChI is InChI=1S/C9H9NO4/c1-6(4-11)10-8(13)2-7(5-12)3-9(10)14/h2,4-6H,3H2,1H3. The zero-order valence-corrected chi connectivity index (χ0v) is 7.60. The molecule has 0 aromatic heterocycles. The van der Waals surface area contributed by atoms with Gasteiger partial charge in [0, 0.05) is 11.6 Å². The van der Waals surface area contributed by atoms with Crippen LogP contribution in [-0.2, 0) is 19.2 Å². The van der Waals surface area contributed by atoms with Crippen LogP contribution in [0.3, 0.4) is 0 Å². The molecule has 5 nitrogen and oxygen atoms in total. The van der Waals surface area contributed by atoms with Crippen LogP contribution in [0.15, 0.2) is 11.6 Å². The molecule has 0 bridgehead atoms. The summed E-state index contributed by atoms with van der Waals surface area (Å²) in [5.74, 6) is -1.12. The minimum Gasteiger partial charge on any atom is -0.301 e. The molecule has 0 saturated heterocycles. The lowest BCUT2D eigenvalue weighted by atomic mass is 10.1. The monoisotopic (exact) mass is 195 g/mol. The molecule has 74 valence electrons. The Balaban J connectivity index is 2.97. The molecule has 0 radical (unpaired) electrons. The molecule has 1 aliphatic rings. The van der Waals surface area contributed by atoms with E-state index in [2.05, 4.69) is 0 Å². The zero-order chi connectivity index (χ0) is 10.7. The summed E-state index contributed by atoms with van der Waals surface area (Å²) in [7, 11) is 0. The van der Waals surface area contributed by atoms with Crippen molar-refractivity contribution in [2.24, 2.45) is 0 Å². The van der Waals surface area contributed by atoms with Gasteiger partial charge in [0.15, 0.2) is 0 Å². The van der Waals surface area contributed by atoms with Gasteiger partial charge in [0.25, 0.3) is 5.91 Å². The first-order valence-electron chi connectivity index (χ1n) is 4.07. The van der Waals surface area contributed by atoms with E-state index >= 15 is 0 Å². The van der Waals surface area contributed by atoms with Gasteiger partial charge in [0.1, 0.15) is 12.6 Å². The van der Waals surface area contributed by atoms with Crippen LogP contribution in [0.5, 0.6) is 0 Å². The third-order valence-corrected chi connectivity index (χ3v) is 1.93. The van der Waals surface area contributed by atoms with Gasteiger partial charge in [-0.15, -0.1) is 0 Å². The van der Waals surface area contributed by atoms with Gasteiger partial charge in [-0.3, -0.25) is 19.3 Å². The summed E-state index contributed by atoms with van der Waals surface area (Å²) in [6, 6.07) is -0.778. The van der Waals surface area contributed by atoms with Crippen LogP contribution < -0.4 is 0 Å². The molecule has 0 fully saturated rings. The number of aldehydes is 2. The highest BCUT2D eigenvalue weighted by atomic mass is 16.2. The Kier molecular flexibility index (Phi) is 2.91. The van der Waals surface area contributed by atoms with Crippen LogP contribution >= 0.6 is 0 Å². The van der Waals surface area contributed by atoms with Crippen molar-refractivity contribution in [2.45, 2.75) is 19.4 Å². The highest BCUT2D eigenvalue weighted by molar-refractivity contribution is 6.10. The normalized spacial score (nSPS) is 18.9. The fourth-order valence-corrected chi connectivity index (χ4v) is 1.23. The molecule has 1 aliphatic heterocycles. The SMILES string of the molecule is CC(C=O)N1C(=O)C=C(C=O)CC1=O. The molecule has 0 aromatic carbocycles. The number of nitrogens with zero attached hydrogens (tertiary/aromatic N) is 1. The third kappa shape index (κ3) is 1.76. The van der Waals surface area contributed by atoms with Crippen LogP contribution in [0.4, 0.5) is 0 Å². The topological polar surface area (TPSA) is 71.5 Å². The van der Waals surface area contributed by atoms with Gasteiger partial charge in [-0.25, -0.2) is 0 Å². The second-order valence-corrected chi connectivity index (χ2v) is 2.99. The molecule has 1 heterocycles. The summed E-state index contributed by atoms with van der Waals surface area (Å²) in [5.41, 5.74) is 0.148. The first kappa shape index (κ1) is 10.3. The quantitative estimate of drug-likeness (QED) is 0.447. The molecule has 0 N–H and O–H groups in total. The van der Waals surface area contributed by atoms with Gasteiger partial charge in [-0.1, -0.05) is 0 Å². The lowest BCUT2D eigenvalue weighted by molar-refractivity contribution is -0.147. The molecule has 1 rings (SSSR count). The third-order valence-electron chi connectivity index (χ3n) is 1.93. The van der Waals surface area contributed by atoms with E-state index in [4.69, 9.17) is 0 Å². The zero-order valence-electron chi connectivity index (χ0n) is 7.60. The predicted molar refractivity (Wildman–Crippen MR) is 46.1 cm³/mol. The summed E-state index contributed by atoms with van der Waals surface area (Å²) in [4.78, 5) is 44.2. The van der Waals surface area contributed by atoms with Gasteiger partial charge in [-0.2, -0.15) is 0 Å². The second-order valence-electron chi connectivity index (χ2n) is 2.99. The second kappa shape index (κ2) is 3.95. The Hall–Kier alpha value is -1.78. The maximum absolute atomic E-state index is 11.3. The van der Waals surface area contributed by atoms with Crippen molar-refractivity contribution in [2.75, 3.05) is 0 Å². The smallest absolute Gasteiger partial charge is 0.254 e. The largest absolute Gasteiger partial charge is 0.301 e. The van der Waals surface area contributed by atoms with Crippen LogP contribution in [0.2, 0.25) is 0 Å². The van der Waals surface area contributed by atoms with E-state index in [0.717, 1.165) is 11.0 Å². The van der Waals surface area contributed by atoms with Crippen molar-refractivity contribution >= 4 is 24.4 Å². The van der Waals surface area contributed by atoms with Crippen molar-refractivity contribution in [1.82, 2.24) is 4.90 Å². The first-order valence-corrected chi connectivity index (χ1v) is 4.07. The molecular weight excluding hydrogens is 186 g/mol. The van der Waals surface area contributed by atoms with Crippen LogP contribution in [0, 0.1) is 0 Å². The van der Waals surface area contributed by atoms with Crippen LogP contribution in [0.25, 0.3) is 0 Å². The van der Waals surface area contributed by atoms with Crippen molar-refractivity contribution < 1.29 is 19.2 Å². The first-order chi connectivity index (χ1) is 6.60. The molecule has 5 heteroatoms. The Morgan fingerprint density at radius 3 is 2.50 bits per heavy atom. The molecule has 0 aromatic rings. The molecule has 0 spiro atoms. The molecule has 0 saturated carbocycles. The fraction of sp³-hybridized carbons (Fsp3) is 0.333. The maximum Gasteiger partial charge on any atom is 0.254 e. The Bertz CT molecular complexity index is 332. The number of amides is 2. The Morgan fingerprint density at radius 2 is 2.07 bits per heavy atom.